The van der Waals surface area contributed by atoms with Crippen molar-refractivity contribution < 1.29 is 31.5 Å². The molecule has 1 unspecified atom stereocenters. The Balaban J connectivity index is 2.34. The van der Waals surface area contributed by atoms with Crippen LogP contribution in [0, 0.1) is 18.7 Å². The molecule has 2 rings (SSSR count). The third-order valence-electron chi connectivity index (χ3n) is 3.62. The molecule has 9 heteroatoms. The number of rotatable bonds is 3. The molecule has 1 aromatic rings. The summed E-state index contributed by atoms with van der Waals surface area (Å²) in [6, 6.07) is 2.94. The van der Waals surface area contributed by atoms with Gasteiger partial charge in [-0.25, -0.2) is 21.6 Å². The molecule has 0 spiro atoms. The Bertz CT molecular complexity index is 705. The largest absolute Gasteiger partial charge is 0.481 e. The molecule has 0 amide bonds. The van der Waals surface area contributed by atoms with Crippen molar-refractivity contribution in [2.75, 3.05) is 13.1 Å². The monoisotopic (exact) mass is 337 g/mol. The number of carboxylic acid groups (broad SMARTS) is 1. The van der Waals surface area contributed by atoms with Crippen LogP contribution in [0.15, 0.2) is 23.1 Å². The number of aryl methyl sites for hydroxylation is 1. The van der Waals surface area contributed by atoms with Gasteiger partial charge in [-0.05, 0) is 37.1 Å². The van der Waals surface area contributed by atoms with Crippen LogP contribution in [0.3, 0.4) is 0 Å². The molecular formula is C13H14F3NO4S. The Labute approximate surface area is 125 Å². The van der Waals surface area contributed by atoms with Crippen LogP contribution >= 0.6 is 0 Å². The number of halogens is 3. The number of nitrogens with zero attached hydrogens (tertiary/aromatic N) is 1. The van der Waals surface area contributed by atoms with Crippen molar-refractivity contribution in [1.82, 2.24) is 4.31 Å². The molecule has 1 heterocycles. The number of piperidine rings is 1. The maximum Gasteiger partial charge on any atom is 0.312 e. The Morgan fingerprint density at radius 3 is 2.55 bits per heavy atom. The van der Waals surface area contributed by atoms with Gasteiger partial charge in [-0.15, -0.1) is 0 Å². The van der Waals surface area contributed by atoms with E-state index in [4.69, 9.17) is 5.11 Å². The van der Waals surface area contributed by atoms with Crippen molar-refractivity contribution in [2.45, 2.75) is 24.2 Å². The lowest BCUT2D eigenvalue weighted by Crippen LogP contribution is -2.52. The van der Waals surface area contributed by atoms with Crippen LogP contribution in [0.5, 0.6) is 0 Å². The van der Waals surface area contributed by atoms with Gasteiger partial charge in [0, 0.05) is 6.54 Å². The van der Waals surface area contributed by atoms with Gasteiger partial charge in [-0.2, -0.15) is 4.31 Å². The van der Waals surface area contributed by atoms with E-state index in [0.29, 0.717) is 4.31 Å². The van der Waals surface area contributed by atoms with Gasteiger partial charge in [-0.3, -0.25) is 4.79 Å². The average Bonchev–Trinajstić information content (AvgIpc) is 2.36. The molecule has 1 N–H and O–H groups in total. The second-order valence-electron chi connectivity index (χ2n) is 5.19. The maximum atomic E-state index is 13.8. The fourth-order valence-corrected chi connectivity index (χ4v) is 4.13. The van der Waals surface area contributed by atoms with E-state index in [-0.39, 0.29) is 17.0 Å². The topological polar surface area (TPSA) is 74.7 Å². The van der Waals surface area contributed by atoms with Gasteiger partial charge < -0.3 is 5.11 Å². The second-order valence-corrected chi connectivity index (χ2v) is 7.10. The van der Waals surface area contributed by atoms with E-state index in [1.54, 1.807) is 0 Å². The van der Waals surface area contributed by atoms with Gasteiger partial charge in [0.15, 0.2) is 0 Å². The van der Waals surface area contributed by atoms with Crippen LogP contribution in [0.1, 0.15) is 12.0 Å². The molecule has 1 atom stereocenters. The number of hydrogen-bond donors (Lipinski definition) is 1. The van der Waals surface area contributed by atoms with Crippen molar-refractivity contribution >= 4 is 16.0 Å². The van der Waals surface area contributed by atoms with Crippen LogP contribution < -0.4 is 0 Å². The van der Waals surface area contributed by atoms with Crippen molar-refractivity contribution in [3.8, 4) is 0 Å². The first-order valence-electron chi connectivity index (χ1n) is 6.42. The number of alkyl halides is 2. The van der Waals surface area contributed by atoms with Crippen molar-refractivity contribution in [3.63, 3.8) is 0 Å². The predicted molar refractivity (Wildman–Crippen MR) is 70.6 cm³/mol. The van der Waals surface area contributed by atoms with Crippen LogP contribution in [0.4, 0.5) is 13.2 Å². The first-order chi connectivity index (χ1) is 10.1. The van der Waals surface area contributed by atoms with E-state index >= 15 is 0 Å². The van der Waals surface area contributed by atoms with Crippen LogP contribution in [-0.4, -0.2) is 42.8 Å². The fraction of sp³-hybridized carbons (Fsp3) is 0.462. The second kappa shape index (κ2) is 5.54. The molecule has 22 heavy (non-hydrogen) atoms. The van der Waals surface area contributed by atoms with Crippen LogP contribution in [-0.2, 0) is 14.8 Å². The Hall–Kier alpha value is -1.61. The van der Waals surface area contributed by atoms with E-state index in [1.807, 2.05) is 0 Å². The van der Waals surface area contributed by atoms with E-state index < -0.39 is 46.6 Å². The summed E-state index contributed by atoms with van der Waals surface area (Å²) in [5, 5.41) is 8.76. The zero-order valence-corrected chi connectivity index (χ0v) is 12.4. The summed E-state index contributed by atoms with van der Waals surface area (Å²) < 4.78 is 66.1. The normalized spacial score (nSPS) is 22.5. The molecule has 0 bridgehead atoms. The number of hydrogen-bond acceptors (Lipinski definition) is 3. The lowest BCUT2D eigenvalue weighted by molar-refractivity contribution is -0.163. The lowest BCUT2D eigenvalue weighted by atomic mass is 9.94. The molecule has 1 aliphatic rings. The average molecular weight is 337 g/mol. The molecule has 1 fully saturated rings. The van der Waals surface area contributed by atoms with E-state index in [9.17, 15) is 26.4 Å². The van der Waals surface area contributed by atoms with Crippen molar-refractivity contribution in [3.05, 3.63) is 29.6 Å². The summed E-state index contributed by atoms with van der Waals surface area (Å²) >= 11 is 0. The van der Waals surface area contributed by atoms with E-state index in [2.05, 4.69) is 0 Å². The van der Waals surface area contributed by atoms with Gasteiger partial charge in [0.2, 0.25) is 10.0 Å². The number of carboxylic acids is 1. The molecule has 0 aromatic heterocycles. The SMILES string of the molecule is Cc1cc(F)ccc1S(=O)(=O)N1CCC(C(=O)O)C(F)(F)C1. The zero-order valence-electron chi connectivity index (χ0n) is 11.6. The summed E-state index contributed by atoms with van der Waals surface area (Å²) in [4.78, 5) is 10.5. The Morgan fingerprint density at radius 1 is 1.41 bits per heavy atom. The van der Waals surface area contributed by atoms with E-state index in [0.717, 1.165) is 18.2 Å². The third-order valence-corrected chi connectivity index (χ3v) is 5.62. The molecule has 0 radical (unpaired) electrons. The molecule has 0 saturated carbocycles. The molecule has 1 aliphatic heterocycles. The highest BCUT2D eigenvalue weighted by Crippen LogP contribution is 2.35. The number of sulfonamides is 1. The standard InChI is InChI=1S/C13H14F3NO4S/c1-8-6-9(14)2-3-11(8)22(20,21)17-5-4-10(12(18)19)13(15,16)7-17/h2-3,6,10H,4-5,7H2,1H3,(H,18,19). The highest BCUT2D eigenvalue weighted by Gasteiger charge is 2.51. The minimum Gasteiger partial charge on any atom is -0.481 e. The first kappa shape index (κ1) is 16.8. The summed E-state index contributed by atoms with van der Waals surface area (Å²) in [5.74, 6) is -7.86. The van der Waals surface area contributed by atoms with Gasteiger partial charge in [-0.1, -0.05) is 0 Å². The third kappa shape index (κ3) is 2.95. The fourth-order valence-electron chi connectivity index (χ4n) is 2.46. The minimum atomic E-state index is -4.24. The quantitative estimate of drug-likeness (QED) is 0.914. The Kier molecular flexibility index (Phi) is 4.22. The first-order valence-corrected chi connectivity index (χ1v) is 7.86. The molecule has 5 nitrogen and oxygen atoms in total. The Morgan fingerprint density at radius 2 is 2.05 bits per heavy atom. The maximum absolute atomic E-state index is 13.8. The van der Waals surface area contributed by atoms with E-state index in [1.165, 1.54) is 6.92 Å². The summed E-state index contributed by atoms with van der Waals surface area (Å²) in [6.45, 7) is -0.174. The van der Waals surface area contributed by atoms with Gasteiger partial charge in [0.05, 0.1) is 11.4 Å². The highest BCUT2D eigenvalue weighted by molar-refractivity contribution is 7.89. The van der Waals surface area contributed by atoms with Crippen LogP contribution in [0.2, 0.25) is 0 Å². The molecule has 1 aromatic carbocycles. The summed E-state index contributed by atoms with van der Waals surface area (Å²) in [7, 11) is -4.24. The van der Waals surface area contributed by atoms with Gasteiger partial charge in [0.25, 0.3) is 5.92 Å². The molecule has 1 saturated heterocycles. The minimum absolute atomic E-state index is 0.101. The van der Waals surface area contributed by atoms with Gasteiger partial charge in [0.1, 0.15) is 11.7 Å². The van der Waals surface area contributed by atoms with Crippen LogP contribution in [0.25, 0.3) is 0 Å². The summed E-state index contributed by atoms with van der Waals surface area (Å²) in [5.41, 5.74) is 0.101. The molecule has 0 aliphatic carbocycles. The molecular weight excluding hydrogens is 323 g/mol. The summed E-state index contributed by atoms with van der Waals surface area (Å²) in [6.07, 6.45) is -0.484. The van der Waals surface area contributed by atoms with Crippen molar-refractivity contribution in [1.29, 1.82) is 0 Å². The highest BCUT2D eigenvalue weighted by atomic mass is 32.2. The molecule has 122 valence electrons. The predicted octanol–water partition coefficient (Wildman–Crippen LogP) is 1.86. The lowest BCUT2D eigenvalue weighted by Gasteiger charge is -2.35. The van der Waals surface area contributed by atoms with Gasteiger partial charge >= 0.3 is 5.97 Å². The number of carbonyl (C=O) groups is 1. The number of aliphatic carboxylic acids is 1. The number of benzene rings is 1. The smallest absolute Gasteiger partial charge is 0.312 e. The van der Waals surface area contributed by atoms with Crippen molar-refractivity contribution in [2.24, 2.45) is 5.92 Å². The zero-order chi connectivity index (χ0) is 16.7.